The molecule has 0 heterocycles. The van der Waals surface area contributed by atoms with Gasteiger partial charge < -0.3 is 10.6 Å². The summed E-state index contributed by atoms with van der Waals surface area (Å²) in [4.78, 5) is 24.7. The summed E-state index contributed by atoms with van der Waals surface area (Å²) in [6.45, 7) is 3.94. The van der Waals surface area contributed by atoms with E-state index in [9.17, 15) is 9.59 Å². The van der Waals surface area contributed by atoms with Crippen LogP contribution in [0.5, 0.6) is 0 Å². The van der Waals surface area contributed by atoms with Gasteiger partial charge in [0.15, 0.2) is 0 Å². The Balaban J connectivity index is 1.57. The van der Waals surface area contributed by atoms with Gasteiger partial charge in [-0.05, 0) is 54.8 Å². The number of nitrogens with one attached hydrogen (secondary N) is 2. The second-order valence-corrected chi connectivity index (χ2v) is 6.83. The van der Waals surface area contributed by atoms with Crippen molar-refractivity contribution in [2.75, 3.05) is 5.32 Å². The maximum atomic E-state index is 12.4. The van der Waals surface area contributed by atoms with Gasteiger partial charge in [-0.3, -0.25) is 9.59 Å². The maximum absolute atomic E-state index is 12.4. The van der Waals surface area contributed by atoms with Crippen molar-refractivity contribution in [1.82, 2.24) is 5.32 Å². The van der Waals surface area contributed by atoms with Crippen LogP contribution in [-0.4, -0.2) is 11.8 Å². The zero-order chi connectivity index (χ0) is 19.9. The summed E-state index contributed by atoms with van der Waals surface area (Å²) in [5, 5.41) is 5.87. The van der Waals surface area contributed by atoms with Crippen LogP contribution in [0.2, 0.25) is 0 Å². The van der Waals surface area contributed by atoms with Crippen molar-refractivity contribution in [3.63, 3.8) is 0 Å². The lowest BCUT2D eigenvalue weighted by molar-refractivity contribution is -0.115. The lowest BCUT2D eigenvalue weighted by Crippen LogP contribution is -2.26. The molecule has 0 aliphatic rings. The van der Waals surface area contributed by atoms with Crippen LogP contribution in [0.25, 0.3) is 0 Å². The Hall–Kier alpha value is -3.40. The summed E-state index contributed by atoms with van der Waals surface area (Å²) < 4.78 is 0. The molecule has 0 saturated carbocycles. The fourth-order valence-corrected chi connectivity index (χ4v) is 3.00. The summed E-state index contributed by atoms with van der Waals surface area (Å²) in [5.41, 5.74) is 4.38. The summed E-state index contributed by atoms with van der Waals surface area (Å²) >= 11 is 0. The first-order valence-electron chi connectivity index (χ1n) is 9.33. The van der Waals surface area contributed by atoms with Crippen molar-refractivity contribution in [2.45, 2.75) is 26.3 Å². The third-order valence-corrected chi connectivity index (χ3v) is 4.69. The number of hydrogen-bond donors (Lipinski definition) is 2. The standard InChI is InChI=1S/C24H24N2O2/c1-17-8-6-7-11-21(17)16-23(27)26-22-14-12-20(13-15-22)24(28)25-18(2)19-9-4-3-5-10-19/h3-15,18H,16H2,1-2H3,(H,25,28)(H,26,27). The van der Waals surface area contributed by atoms with Gasteiger partial charge in [0.1, 0.15) is 0 Å². The molecule has 2 N–H and O–H groups in total. The highest BCUT2D eigenvalue weighted by Crippen LogP contribution is 2.15. The lowest BCUT2D eigenvalue weighted by atomic mass is 10.1. The fourth-order valence-electron chi connectivity index (χ4n) is 3.00. The van der Waals surface area contributed by atoms with Crippen molar-refractivity contribution in [2.24, 2.45) is 0 Å². The minimum atomic E-state index is -0.144. The van der Waals surface area contributed by atoms with E-state index in [4.69, 9.17) is 0 Å². The highest BCUT2D eigenvalue weighted by atomic mass is 16.2. The number of carbonyl (C=O) groups is 2. The summed E-state index contributed by atoms with van der Waals surface area (Å²) in [6.07, 6.45) is 0.323. The molecule has 0 fully saturated rings. The molecule has 4 heteroatoms. The number of anilines is 1. The molecule has 3 aromatic rings. The minimum absolute atomic E-state index is 0.0794. The first kappa shape index (κ1) is 19.4. The monoisotopic (exact) mass is 372 g/mol. The molecule has 0 spiro atoms. The fraction of sp³-hybridized carbons (Fsp3) is 0.167. The molecular formula is C24H24N2O2. The van der Waals surface area contributed by atoms with Crippen molar-refractivity contribution in [3.8, 4) is 0 Å². The molecule has 1 atom stereocenters. The molecule has 4 nitrogen and oxygen atoms in total. The number of benzene rings is 3. The molecule has 0 aliphatic heterocycles. The zero-order valence-electron chi connectivity index (χ0n) is 16.1. The van der Waals surface area contributed by atoms with E-state index in [0.717, 1.165) is 16.7 Å². The van der Waals surface area contributed by atoms with Gasteiger partial charge in [0.25, 0.3) is 5.91 Å². The van der Waals surface area contributed by atoms with E-state index in [1.807, 2.05) is 68.4 Å². The molecule has 3 rings (SSSR count). The smallest absolute Gasteiger partial charge is 0.251 e. The first-order chi connectivity index (χ1) is 13.5. The van der Waals surface area contributed by atoms with Crippen LogP contribution in [0, 0.1) is 6.92 Å². The van der Waals surface area contributed by atoms with Gasteiger partial charge >= 0.3 is 0 Å². The van der Waals surface area contributed by atoms with Crippen LogP contribution in [0.3, 0.4) is 0 Å². The first-order valence-corrected chi connectivity index (χ1v) is 9.33. The zero-order valence-corrected chi connectivity index (χ0v) is 16.1. The van der Waals surface area contributed by atoms with E-state index in [1.54, 1.807) is 24.3 Å². The summed E-state index contributed by atoms with van der Waals surface area (Å²) in [6, 6.07) is 24.5. The highest BCUT2D eigenvalue weighted by Gasteiger charge is 2.12. The number of hydrogen-bond acceptors (Lipinski definition) is 2. The topological polar surface area (TPSA) is 58.2 Å². The molecule has 2 amide bonds. The van der Waals surface area contributed by atoms with Crippen LogP contribution in [0.4, 0.5) is 5.69 Å². The van der Waals surface area contributed by atoms with Crippen molar-refractivity contribution >= 4 is 17.5 Å². The van der Waals surface area contributed by atoms with E-state index >= 15 is 0 Å². The molecule has 0 aromatic heterocycles. The Labute approximate surface area is 165 Å². The number of carbonyl (C=O) groups excluding carboxylic acids is 2. The van der Waals surface area contributed by atoms with Gasteiger partial charge in [-0.1, -0.05) is 54.6 Å². The van der Waals surface area contributed by atoms with Gasteiger partial charge in [-0.2, -0.15) is 0 Å². The van der Waals surface area contributed by atoms with E-state index in [-0.39, 0.29) is 17.9 Å². The van der Waals surface area contributed by atoms with E-state index in [0.29, 0.717) is 17.7 Å². The Morgan fingerprint density at radius 2 is 1.50 bits per heavy atom. The summed E-state index contributed by atoms with van der Waals surface area (Å²) in [5.74, 6) is -0.224. The predicted octanol–water partition coefficient (Wildman–Crippen LogP) is 4.67. The Kier molecular flexibility index (Phi) is 6.22. The van der Waals surface area contributed by atoms with E-state index < -0.39 is 0 Å². The average molecular weight is 372 g/mol. The maximum Gasteiger partial charge on any atom is 0.251 e. The molecule has 0 bridgehead atoms. The average Bonchev–Trinajstić information content (AvgIpc) is 2.71. The second kappa shape index (κ2) is 9.00. The van der Waals surface area contributed by atoms with Crippen LogP contribution in [0.15, 0.2) is 78.9 Å². The van der Waals surface area contributed by atoms with Gasteiger partial charge in [0, 0.05) is 11.3 Å². The number of aryl methyl sites for hydroxylation is 1. The quantitative estimate of drug-likeness (QED) is 0.661. The minimum Gasteiger partial charge on any atom is -0.346 e. The molecule has 0 aliphatic carbocycles. The molecule has 0 radical (unpaired) electrons. The number of amides is 2. The molecular weight excluding hydrogens is 348 g/mol. The van der Waals surface area contributed by atoms with Crippen LogP contribution >= 0.6 is 0 Å². The Morgan fingerprint density at radius 3 is 2.18 bits per heavy atom. The van der Waals surface area contributed by atoms with Gasteiger partial charge in [-0.15, -0.1) is 0 Å². The lowest BCUT2D eigenvalue weighted by Gasteiger charge is -2.14. The van der Waals surface area contributed by atoms with Gasteiger partial charge in [0.05, 0.1) is 12.5 Å². The SMILES string of the molecule is Cc1ccccc1CC(=O)Nc1ccc(C(=O)NC(C)c2ccccc2)cc1. The third kappa shape index (κ3) is 5.07. The van der Waals surface area contributed by atoms with Crippen LogP contribution in [-0.2, 0) is 11.2 Å². The molecule has 28 heavy (non-hydrogen) atoms. The normalized spacial score (nSPS) is 11.5. The molecule has 3 aromatic carbocycles. The molecule has 142 valence electrons. The molecule has 1 unspecified atom stereocenters. The van der Waals surface area contributed by atoms with Crippen LogP contribution in [0.1, 0.15) is 40.0 Å². The van der Waals surface area contributed by atoms with Crippen molar-refractivity contribution in [1.29, 1.82) is 0 Å². The third-order valence-electron chi connectivity index (χ3n) is 4.69. The van der Waals surface area contributed by atoms with E-state index in [2.05, 4.69) is 10.6 Å². The van der Waals surface area contributed by atoms with Crippen molar-refractivity contribution < 1.29 is 9.59 Å². The molecule has 0 saturated heterocycles. The second-order valence-electron chi connectivity index (χ2n) is 6.83. The van der Waals surface area contributed by atoms with Crippen molar-refractivity contribution in [3.05, 3.63) is 101 Å². The highest BCUT2D eigenvalue weighted by molar-refractivity contribution is 5.96. The summed E-state index contributed by atoms with van der Waals surface area (Å²) in [7, 11) is 0. The predicted molar refractivity (Wildman–Crippen MR) is 112 cm³/mol. The van der Waals surface area contributed by atoms with Crippen LogP contribution < -0.4 is 10.6 Å². The van der Waals surface area contributed by atoms with Gasteiger partial charge in [-0.25, -0.2) is 0 Å². The Morgan fingerprint density at radius 1 is 0.857 bits per heavy atom. The Bertz CT molecular complexity index is 950. The van der Waals surface area contributed by atoms with Gasteiger partial charge in [0.2, 0.25) is 5.91 Å². The van der Waals surface area contributed by atoms with E-state index in [1.165, 1.54) is 0 Å². The number of rotatable bonds is 6. The largest absolute Gasteiger partial charge is 0.346 e.